The van der Waals surface area contributed by atoms with E-state index < -0.39 is 0 Å². The molecule has 11 heavy (non-hydrogen) atoms. The number of tetrazole rings is 1. The fourth-order valence-electron chi connectivity index (χ4n) is 0.702. The molecule has 7 nitrogen and oxygen atoms in total. The average Bonchev–Trinajstić information content (AvgIpc) is 2.60. The molecule has 0 fully saturated rings. The number of hydrogen-bond donors (Lipinski definition) is 1. The maximum atomic E-state index is 3.90. The topological polar surface area (TPSA) is 85.2 Å². The van der Waals surface area contributed by atoms with Gasteiger partial charge in [-0.05, 0) is 5.21 Å². The molecule has 0 atom stereocenters. The van der Waals surface area contributed by atoms with E-state index >= 15 is 0 Å². The lowest BCUT2D eigenvalue weighted by molar-refractivity contribution is 0.555. The lowest BCUT2D eigenvalue weighted by Gasteiger charge is -1.90. The summed E-state index contributed by atoms with van der Waals surface area (Å²) in [5.74, 6) is 0.711. The second-order valence-corrected chi connectivity index (χ2v) is 1.90. The summed E-state index contributed by atoms with van der Waals surface area (Å²) in [6.45, 7) is 0.472. The molecule has 0 bridgehead atoms. The van der Waals surface area contributed by atoms with Crippen LogP contribution in [0.25, 0.3) is 0 Å². The van der Waals surface area contributed by atoms with Crippen molar-refractivity contribution >= 4 is 0 Å². The van der Waals surface area contributed by atoms with Gasteiger partial charge < -0.3 is 0 Å². The zero-order valence-corrected chi connectivity index (χ0v) is 5.55. The van der Waals surface area contributed by atoms with Gasteiger partial charge >= 0.3 is 0 Å². The predicted octanol–water partition coefficient (Wildman–Crippen LogP) is -1.16. The van der Waals surface area contributed by atoms with Crippen LogP contribution in [0.4, 0.5) is 0 Å². The maximum absolute atomic E-state index is 3.90. The van der Waals surface area contributed by atoms with Gasteiger partial charge in [0.1, 0.15) is 18.7 Å². The first-order chi connectivity index (χ1) is 5.45. The second-order valence-electron chi connectivity index (χ2n) is 1.90. The van der Waals surface area contributed by atoms with E-state index in [1.165, 1.54) is 17.5 Å². The molecule has 56 valence electrons. The second kappa shape index (κ2) is 2.45. The van der Waals surface area contributed by atoms with Crippen molar-refractivity contribution in [2.45, 2.75) is 6.54 Å². The van der Waals surface area contributed by atoms with E-state index in [1.807, 2.05) is 0 Å². The molecule has 0 spiro atoms. The first-order valence-electron chi connectivity index (χ1n) is 3.00. The third-order valence-corrected chi connectivity index (χ3v) is 1.15. The smallest absolute Gasteiger partial charge is 0.162 e. The van der Waals surface area contributed by atoms with Gasteiger partial charge in [-0.1, -0.05) is 0 Å². The van der Waals surface area contributed by atoms with Crippen LogP contribution in [0.1, 0.15) is 5.82 Å². The van der Waals surface area contributed by atoms with Crippen molar-refractivity contribution in [1.29, 1.82) is 0 Å². The molecule has 0 radical (unpaired) electrons. The lowest BCUT2D eigenvalue weighted by atomic mass is 10.6. The highest BCUT2D eigenvalue weighted by Crippen LogP contribution is 1.86. The van der Waals surface area contributed by atoms with Crippen molar-refractivity contribution in [1.82, 2.24) is 35.4 Å². The summed E-state index contributed by atoms with van der Waals surface area (Å²) in [4.78, 5) is 5.31. The van der Waals surface area contributed by atoms with Gasteiger partial charge in [0.25, 0.3) is 0 Å². The molecule has 0 saturated heterocycles. The van der Waals surface area contributed by atoms with Gasteiger partial charge in [0.2, 0.25) is 0 Å². The van der Waals surface area contributed by atoms with E-state index in [2.05, 4.69) is 30.6 Å². The molecule has 2 aromatic rings. The Hall–Kier alpha value is -1.79. The van der Waals surface area contributed by atoms with E-state index in [-0.39, 0.29) is 0 Å². The Bertz CT molecular complexity index is 263. The van der Waals surface area contributed by atoms with Gasteiger partial charge in [-0.2, -0.15) is 9.90 Å². The van der Waals surface area contributed by atoms with Gasteiger partial charge in [0.05, 0.1) is 0 Å². The highest BCUT2D eigenvalue weighted by molar-refractivity contribution is 4.77. The fourth-order valence-corrected chi connectivity index (χ4v) is 0.702. The van der Waals surface area contributed by atoms with Gasteiger partial charge in [0.15, 0.2) is 6.33 Å². The molecular weight excluding hydrogens is 146 g/mol. The van der Waals surface area contributed by atoms with Crippen LogP contribution in [0.2, 0.25) is 0 Å². The Labute approximate surface area is 61.5 Å². The number of aromatic amines is 1. The number of H-pyrrole nitrogens is 1. The maximum Gasteiger partial charge on any atom is 0.162 e. The predicted molar refractivity (Wildman–Crippen MR) is 33.3 cm³/mol. The normalized spacial score (nSPS) is 10.2. The minimum atomic E-state index is 0.472. The Kier molecular flexibility index (Phi) is 1.32. The minimum absolute atomic E-state index is 0.472. The number of aromatic nitrogens is 7. The molecular formula is C4H5N7. The van der Waals surface area contributed by atoms with Crippen LogP contribution in [0.3, 0.4) is 0 Å². The van der Waals surface area contributed by atoms with E-state index in [9.17, 15) is 0 Å². The highest BCUT2D eigenvalue weighted by atomic mass is 15.6. The first-order valence-corrected chi connectivity index (χ1v) is 3.00. The van der Waals surface area contributed by atoms with Gasteiger partial charge in [0, 0.05) is 0 Å². The summed E-state index contributed by atoms with van der Waals surface area (Å²) in [6, 6.07) is 0. The van der Waals surface area contributed by atoms with E-state index in [0.717, 1.165) is 0 Å². The van der Waals surface area contributed by atoms with Gasteiger partial charge in [-0.15, -0.1) is 10.2 Å². The van der Waals surface area contributed by atoms with Crippen molar-refractivity contribution in [2.75, 3.05) is 0 Å². The summed E-state index contributed by atoms with van der Waals surface area (Å²) in [5, 5.41) is 17.4. The van der Waals surface area contributed by atoms with Crippen LogP contribution in [0, 0.1) is 0 Å². The Morgan fingerprint density at radius 2 is 2.45 bits per heavy atom. The molecule has 7 heteroatoms. The van der Waals surface area contributed by atoms with Crippen molar-refractivity contribution in [3.05, 3.63) is 18.5 Å². The molecule has 2 aromatic heterocycles. The van der Waals surface area contributed by atoms with Crippen LogP contribution < -0.4 is 0 Å². The van der Waals surface area contributed by atoms with Crippen LogP contribution >= 0.6 is 0 Å². The molecule has 0 aliphatic carbocycles. The van der Waals surface area contributed by atoms with Gasteiger partial charge in [-0.25, -0.2) is 4.98 Å². The Balaban J connectivity index is 2.14. The van der Waals surface area contributed by atoms with Crippen LogP contribution in [0.15, 0.2) is 12.7 Å². The monoisotopic (exact) mass is 151 g/mol. The molecule has 2 rings (SSSR count). The molecule has 0 aromatic carbocycles. The molecule has 0 saturated carbocycles. The number of rotatable bonds is 2. The average molecular weight is 151 g/mol. The summed E-state index contributed by atoms with van der Waals surface area (Å²) in [5.41, 5.74) is 0. The van der Waals surface area contributed by atoms with E-state index in [1.54, 1.807) is 0 Å². The molecule has 0 unspecified atom stereocenters. The zero-order chi connectivity index (χ0) is 7.52. The summed E-state index contributed by atoms with van der Waals surface area (Å²) >= 11 is 0. The fraction of sp³-hybridized carbons (Fsp3) is 0.250. The number of hydrogen-bond acceptors (Lipinski definition) is 5. The van der Waals surface area contributed by atoms with Crippen molar-refractivity contribution in [3.63, 3.8) is 0 Å². The largest absolute Gasteiger partial charge is 0.262 e. The van der Waals surface area contributed by atoms with E-state index in [0.29, 0.717) is 12.4 Å². The SMILES string of the molecule is c1n[nH]c(Cn2ncnn2)n1. The lowest BCUT2D eigenvalue weighted by Crippen LogP contribution is -2.05. The first kappa shape index (κ1) is 5.96. The van der Waals surface area contributed by atoms with Crippen molar-refractivity contribution in [3.8, 4) is 0 Å². The highest BCUT2D eigenvalue weighted by Gasteiger charge is 1.97. The molecule has 0 amide bonds. The molecule has 2 heterocycles. The van der Waals surface area contributed by atoms with Crippen molar-refractivity contribution < 1.29 is 0 Å². The van der Waals surface area contributed by atoms with Crippen molar-refractivity contribution in [2.24, 2.45) is 0 Å². The Morgan fingerprint density at radius 1 is 1.45 bits per heavy atom. The number of nitrogens with zero attached hydrogens (tertiary/aromatic N) is 6. The van der Waals surface area contributed by atoms with Gasteiger partial charge in [-0.3, -0.25) is 5.10 Å². The number of nitrogens with one attached hydrogen (secondary N) is 1. The quantitative estimate of drug-likeness (QED) is 0.585. The van der Waals surface area contributed by atoms with E-state index in [4.69, 9.17) is 0 Å². The van der Waals surface area contributed by atoms with Crippen LogP contribution in [0.5, 0.6) is 0 Å². The Morgan fingerprint density at radius 3 is 3.09 bits per heavy atom. The minimum Gasteiger partial charge on any atom is -0.262 e. The molecule has 1 N–H and O–H groups in total. The molecule has 0 aliphatic rings. The molecule has 0 aliphatic heterocycles. The third-order valence-electron chi connectivity index (χ3n) is 1.15. The van der Waals surface area contributed by atoms with Crippen LogP contribution in [-0.2, 0) is 6.54 Å². The zero-order valence-electron chi connectivity index (χ0n) is 5.55. The third kappa shape index (κ3) is 1.20. The standard InChI is InChI=1S/C4H5N7/c1(4-5-2-6-9-4)11-8-3-7-10-11/h2-3H,1H2,(H,5,6,9). The van der Waals surface area contributed by atoms with Crippen LogP contribution in [-0.4, -0.2) is 35.4 Å². The summed E-state index contributed by atoms with van der Waals surface area (Å²) in [6.07, 6.45) is 2.81. The summed E-state index contributed by atoms with van der Waals surface area (Å²) in [7, 11) is 0. The summed E-state index contributed by atoms with van der Waals surface area (Å²) < 4.78 is 0.